The van der Waals surface area contributed by atoms with Gasteiger partial charge in [-0.2, -0.15) is 0 Å². The standard InChI is InChI=1S/C13H14BrNO.ClH/c1-9-7-10(14)3-5-12(9)13-6-4-11(16-13)8-15-2;/h3-7,15H,8H2,1-2H3;1H/p-1. The number of aryl methyl sites for hydroxylation is 1. The summed E-state index contributed by atoms with van der Waals surface area (Å²) in [7, 11) is 1.91. The lowest BCUT2D eigenvalue weighted by molar-refractivity contribution is -0.00000381. The first-order chi connectivity index (χ1) is 7.70. The van der Waals surface area contributed by atoms with Crippen molar-refractivity contribution in [2.45, 2.75) is 13.5 Å². The molecule has 0 saturated carbocycles. The first-order valence-electron chi connectivity index (χ1n) is 5.20. The second-order valence-corrected chi connectivity index (χ2v) is 4.67. The van der Waals surface area contributed by atoms with Gasteiger partial charge in [0, 0.05) is 10.0 Å². The fraction of sp³-hybridized carbons (Fsp3) is 0.231. The topological polar surface area (TPSA) is 25.2 Å². The molecule has 0 radical (unpaired) electrons. The molecule has 0 spiro atoms. The van der Waals surface area contributed by atoms with Crippen molar-refractivity contribution in [1.82, 2.24) is 5.32 Å². The maximum atomic E-state index is 5.75. The Labute approximate surface area is 116 Å². The predicted octanol–water partition coefficient (Wildman–Crippen LogP) is 0.741. The molecule has 0 aliphatic carbocycles. The highest BCUT2D eigenvalue weighted by molar-refractivity contribution is 9.10. The number of furan rings is 1. The second-order valence-electron chi connectivity index (χ2n) is 3.76. The summed E-state index contributed by atoms with van der Waals surface area (Å²) < 4.78 is 6.85. The first-order valence-corrected chi connectivity index (χ1v) is 6.00. The highest BCUT2D eigenvalue weighted by Crippen LogP contribution is 2.27. The van der Waals surface area contributed by atoms with E-state index >= 15 is 0 Å². The normalized spacial score (nSPS) is 10.1. The van der Waals surface area contributed by atoms with E-state index in [1.807, 2.05) is 25.2 Å². The molecule has 2 nitrogen and oxygen atoms in total. The largest absolute Gasteiger partial charge is 1.00 e. The van der Waals surface area contributed by atoms with Crippen molar-refractivity contribution in [3.8, 4) is 11.3 Å². The molecular formula is C13H14BrClNO-. The Hall–Kier alpha value is -0.770. The molecule has 2 rings (SSSR count). The van der Waals surface area contributed by atoms with Crippen LogP contribution in [0.2, 0.25) is 0 Å². The van der Waals surface area contributed by atoms with Crippen LogP contribution in [0.1, 0.15) is 11.3 Å². The van der Waals surface area contributed by atoms with Gasteiger partial charge in [0.25, 0.3) is 0 Å². The van der Waals surface area contributed by atoms with Gasteiger partial charge in [0.2, 0.25) is 0 Å². The van der Waals surface area contributed by atoms with Crippen molar-refractivity contribution < 1.29 is 16.8 Å². The summed E-state index contributed by atoms with van der Waals surface area (Å²) >= 11 is 3.46. The highest BCUT2D eigenvalue weighted by Gasteiger charge is 2.07. The van der Waals surface area contributed by atoms with Crippen LogP contribution in [0.5, 0.6) is 0 Å². The second kappa shape index (κ2) is 6.24. The molecule has 1 N–H and O–H groups in total. The van der Waals surface area contributed by atoms with Gasteiger partial charge in [0.1, 0.15) is 11.5 Å². The quantitative estimate of drug-likeness (QED) is 0.904. The average Bonchev–Trinajstić information content (AvgIpc) is 2.67. The lowest BCUT2D eigenvalue weighted by atomic mass is 10.1. The Bertz CT molecular complexity index is 496. The molecule has 17 heavy (non-hydrogen) atoms. The van der Waals surface area contributed by atoms with Crippen LogP contribution in [0.4, 0.5) is 0 Å². The zero-order chi connectivity index (χ0) is 11.5. The molecule has 1 heterocycles. The molecule has 1 aromatic carbocycles. The fourth-order valence-corrected chi connectivity index (χ4v) is 2.17. The Morgan fingerprint density at radius 2 is 2.00 bits per heavy atom. The van der Waals surface area contributed by atoms with Crippen molar-refractivity contribution in [2.75, 3.05) is 7.05 Å². The van der Waals surface area contributed by atoms with Crippen LogP contribution in [0.15, 0.2) is 39.2 Å². The van der Waals surface area contributed by atoms with Crippen molar-refractivity contribution >= 4 is 15.9 Å². The number of nitrogens with one attached hydrogen (secondary N) is 1. The van der Waals surface area contributed by atoms with Gasteiger partial charge in [-0.15, -0.1) is 0 Å². The molecular weight excluding hydrogens is 302 g/mol. The van der Waals surface area contributed by atoms with Crippen LogP contribution in [-0.4, -0.2) is 7.05 Å². The molecule has 0 aliphatic rings. The first kappa shape index (κ1) is 14.3. The molecule has 0 aliphatic heterocycles. The monoisotopic (exact) mass is 314 g/mol. The van der Waals surface area contributed by atoms with E-state index < -0.39 is 0 Å². The van der Waals surface area contributed by atoms with Gasteiger partial charge in [-0.1, -0.05) is 15.9 Å². The minimum atomic E-state index is 0. The van der Waals surface area contributed by atoms with Gasteiger partial charge in [-0.05, 0) is 49.9 Å². The van der Waals surface area contributed by atoms with Gasteiger partial charge in [0.15, 0.2) is 0 Å². The van der Waals surface area contributed by atoms with Gasteiger partial charge < -0.3 is 22.1 Å². The molecule has 0 saturated heterocycles. The van der Waals surface area contributed by atoms with Crippen LogP contribution in [0, 0.1) is 6.92 Å². The minimum Gasteiger partial charge on any atom is -1.00 e. The van der Waals surface area contributed by atoms with Crippen LogP contribution < -0.4 is 17.7 Å². The van der Waals surface area contributed by atoms with Crippen molar-refractivity contribution in [3.05, 3.63) is 46.1 Å². The number of rotatable bonds is 3. The Balaban J connectivity index is 0.00000144. The molecule has 0 unspecified atom stereocenters. The van der Waals surface area contributed by atoms with Crippen molar-refractivity contribution in [1.29, 1.82) is 0 Å². The molecule has 92 valence electrons. The summed E-state index contributed by atoms with van der Waals surface area (Å²) in [5, 5.41) is 3.07. The van der Waals surface area contributed by atoms with E-state index in [1.54, 1.807) is 0 Å². The molecule has 4 heteroatoms. The summed E-state index contributed by atoms with van der Waals surface area (Å²) in [6.45, 7) is 2.84. The minimum absolute atomic E-state index is 0. The molecule has 0 atom stereocenters. The zero-order valence-corrected chi connectivity index (χ0v) is 12.1. The Kier molecular flexibility index (Phi) is 5.25. The van der Waals surface area contributed by atoms with E-state index in [-0.39, 0.29) is 12.4 Å². The van der Waals surface area contributed by atoms with E-state index in [2.05, 4.69) is 40.3 Å². The van der Waals surface area contributed by atoms with Gasteiger partial charge in [0.05, 0.1) is 6.54 Å². The smallest absolute Gasteiger partial charge is 0.134 e. The number of hydrogen-bond donors (Lipinski definition) is 1. The van der Waals surface area contributed by atoms with E-state index in [0.717, 1.165) is 28.1 Å². The van der Waals surface area contributed by atoms with Crippen LogP contribution in [0.25, 0.3) is 11.3 Å². The van der Waals surface area contributed by atoms with E-state index in [1.165, 1.54) is 5.56 Å². The third kappa shape index (κ3) is 3.35. The molecule has 0 fully saturated rings. The van der Waals surface area contributed by atoms with Gasteiger partial charge >= 0.3 is 0 Å². The fourth-order valence-electron chi connectivity index (χ4n) is 1.70. The summed E-state index contributed by atoms with van der Waals surface area (Å²) in [6, 6.07) is 10.2. The van der Waals surface area contributed by atoms with Crippen LogP contribution in [-0.2, 0) is 6.54 Å². The average molecular weight is 316 g/mol. The van der Waals surface area contributed by atoms with Crippen molar-refractivity contribution in [3.63, 3.8) is 0 Å². The summed E-state index contributed by atoms with van der Waals surface area (Å²) in [5.41, 5.74) is 2.35. The predicted molar refractivity (Wildman–Crippen MR) is 69.3 cm³/mol. The number of hydrogen-bond acceptors (Lipinski definition) is 2. The van der Waals surface area contributed by atoms with E-state index in [4.69, 9.17) is 4.42 Å². The zero-order valence-electron chi connectivity index (χ0n) is 9.76. The van der Waals surface area contributed by atoms with E-state index in [0.29, 0.717) is 0 Å². The maximum absolute atomic E-state index is 5.75. The van der Waals surface area contributed by atoms with Crippen LogP contribution in [0.3, 0.4) is 0 Å². The third-order valence-corrected chi connectivity index (χ3v) is 2.96. The maximum Gasteiger partial charge on any atom is 0.134 e. The lowest BCUT2D eigenvalue weighted by Crippen LogP contribution is -3.00. The third-order valence-electron chi connectivity index (χ3n) is 2.47. The Morgan fingerprint density at radius 1 is 1.24 bits per heavy atom. The summed E-state index contributed by atoms with van der Waals surface area (Å²) in [4.78, 5) is 0. The number of halogens is 2. The molecule has 1 aromatic heterocycles. The van der Waals surface area contributed by atoms with Crippen molar-refractivity contribution in [2.24, 2.45) is 0 Å². The molecule has 0 bridgehead atoms. The Morgan fingerprint density at radius 3 is 2.65 bits per heavy atom. The van der Waals surface area contributed by atoms with E-state index in [9.17, 15) is 0 Å². The van der Waals surface area contributed by atoms with Crippen LogP contribution >= 0.6 is 15.9 Å². The lowest BCUT2D eigenvalue weighted by Gasteiger charge is -2.03. The summed E-state index contributed by atoms with van der Waals surface area (Å²) in [5.74, 6) is 1.88. The molecule has 2 aromatic rings. The highest BCUT2D eigenvalue weighted by atomic mass is 79.9. The SMILES string of the molecule is CNCc1ccc(-c2ccc(Br)cc2C)o1.[Cl-]. The number of benzene rings is 1. The molecule has 0 amide bonds. The van der Waals surface area contributed by atoms with Gasteiger partial charge in [-0.25, -0.2) is 0 Å². The summed E-state index contributed by atoms with van der Waals surface area (Å²) in [6.07, 6.45) is 0. The van der Waals surface area contributed by atoms with Gasteiger partial charge in [-0.3, -0.25) is 0 Å².